The van der Waals surface area contributed by atoms with E-state index in [2.05, 4.69) is 0 Å². The lowest BCUT2D eigenvalue weighted by Crippen LogP contribution is -2.27. The van der Waals surface area contributed by atoms with Gasteiger partial charge in [0.15, 0.2) is 0 Å². The van der Waals surface area contributed by atoms with E-state index in [0.717, 1.165) is 22.8 Å². The molecule has 5 nitrogen and oxygen atoms in total. The largest absolute Gasteiger partial charge is 0.478 e. The van der Waals surface area contributed by atoms with Gasteiger partial charge in [0.05, 0.1) is 18.3 Å². The van der Waals surface area contributed by atoms with E-state index in [4.69, 9.17) is 5.11 Å². The highest BCUT2D eigenvalue weighted by Gasteiger charge is 2.15. The highest BCUT2D eigenvalue weighted by Crippen LogP contribution is 2.08. The third-order valence-electron chi connectivity index (χ3n) is 3.07. The number of aliphatic hydroxyl groups is 3. The maximum atomic E-state index is 10.4. The van der Waals surface area contributed by atoms with Gasteiger partial charge in [-0.15, -0.1) is 0 Å². The van der Waals surface area contributed by atoms with Gasteiger partial charge in [0, 0.05) is 12.5 Å². The van der Waals surface area contributed by atoms with Crippen LogP contribution < -0.4 is 0 Å². The molecule has 5 heteroatoms. The summed E-state index contributed by atoms with van der Waals surface area (Å²) in [5.41, 5.74) is 2.55. The molecule has 0 saturated heterocycles. The molecule has 134 valence electrons. The molecule has 0 radical (unpaired) electrons. The molecule has 0 amide bonds. The summed E-state index contributed by atoms with van der Waals surface area (Å²) in [5, 5.41) is 37.3. The molecule has 0 rings (SSSR count). The van der Waals surface area contributed by atoms with Crippen molar-refractivity contribution in [2.45, 2.75) is 52.4 Å². The van der Waals surface area contributed by atoms with Gasteiger partial charge in [0.1, 0.15) is 0 Å². The number of allylic oxidation sites excluding steroid dienone is 8. The van der Waals surface area contributed by atoms with Gasteiger partial charge in [-0.3, -0.25) is 0 Å². The summed E-state index contributed by atoms with van der Waals surface area (Å²) in [6, 6.07) is 0. The molecular formula is C19H28O5. The summed E-state index contributed by atoms with van der Waals surface area (Å²) in [6.07, 6.45) is 8.85. The number of carbonyl (C=O) groups is 1. The first-order valence-electron chi connectivity index (χ1n) is 7.78. The molecule has 0 aliphatic heterocycles. The van der Waals surface area contributed by atoms with E-state index >= 15 is 0 Å². The fourth-order valence-corrected chi connectivity index (χ4v) is 1.93. The minimum atomic E-state index is -1.03. The van der Waals surface area contributed by atoms with E-state index in [-0.39, 0.29) is 6.42 Å². The SMILES string of the molecule is CC(=C\C=C\C(C)=C\[C@@H](O)[C@H](O)C[C@@H](C)O)/C=C(C)/C=C/C(=O)O. The van der Waals surface area contributed by atoms with Crippen molar-refractivity contribution >= 4 is 5.97 Å². The van der Waals surface area contributed by atoms with Crippen LogP contribution >= 0.6 is 0 Å². The number of aliphatic carboxylic acids is 1. The lowest BCUT2D eigenvalue weighted by molar-refractivity contribution is -0.131. The summed E-state index contributed by atoms with van der Waals surface area (Å²) < 4.78 is 0. The molecule has 0 aliphatic carbocycles. The van der Waals surface area contributed by atoms with Crippen molar-refractivity contribution in [2.24, 2.45) is 0 Å². The Bertz CT molecular complexity index is 550. The second-order valence-corrected chi connectivity index (χ2v) is 5.88. The molecule has 0 aromatic heterocycles. The Hall–Kier alpha value is -1.95. The van der Waals surface area contributed by atoms with Crippen molar-refractivity contribution in [2.75, 3.05) is 0 Å². The van der Waals surface area contributed by atoms with Gasteiger partial charge < -0.3 is 20.4 Å². The lowest BCUT2D eigenvalue weighted by Gasteiger charge is -2.16. The molecule has 4 N–H and O–H groups in total. The number of aliphatic hydroxyl groups excluding tert-OH is 3. The molecule has 0 bridgehead atoms. The fraction of sp³-hybridized carbons (Fsp3) is 0.421. The summed E-state index contributed by atoms with van der Waals surface area (Å²) >= 11 is 0. The monoisotopic (exact) mass is 336 g/mol. The Labute approximate surface area is 143 Å². The highest BCUT2D eigenvalue weighted by molar-refractivity contribution is 5.80. The number of carboxylic acid groups (broad SMARTS) is 1. The molecule has 0 aliphatic rings. The van der Waals surface area contributed by atoms with Gasteiger partial charge in [-0.2, -0.15) is 0 Å². The van der Waals surface area contributed by atoms with Crippen LogP contribution in [-0.4, -0.2) is 44.7 Å². The molecule has 0 heterocycles. The summed E-state index contributed by atoms with van der Waals surface area (Å²) in [6.45, 7) is 7.06. The van der Waals surface area contributed by atoms with Gasteiger partial charge in [0.2, 0.25) is 0 Å². The van der Waals surface area contributed by atoms with Crippen LogP contribution in [0.15, 0.2) is 59.3 Å². The maximum absolute atomic E-state index is 10.4. The second-order valence-electron chi connectivity index (χ2n) is 5.88. The average molecular weight is 336 g/mol. The molecule has 0 aromatic rings. The zero-order chi connectivity index (χ0) is 18.7. The molecule has 0 spiro atoms. The number of carboxylic acids is 1. The molecule has 0 aromatic carbocycles. The Morgan fingerprint density at radius 2 is 1.58 bits per heavy atom. The van der Waals surface area contributed by atoms with E-state index in [1.165, 1.54) is 12.2 Å². The van der Waals surface area contributed by atoms with Crippen molar-refractivity contribution in [1.82, 2.24) is 0 Å². The van der Waals surface area contributed by atoms with Crippen molar-refractivity contribution in [3.8, 4) is 0 Å². The van der Waals surface area contributed by atoms with Crippen LogP contribution in [0, 0.1) is 0 Å². The number of hydrogen-bond donors (Lipinski definition) is 4. The Balaban J connectivity index is 4.74. The maximum Gasteiger partial charge on any atom is 0.328 e. The molecule has 0 unspecified atom stereocenters. The van der Waals surface area contributed by atoms with E-state index < -0.39 is 24.3 Å². The first kappa shape index (κ1) is 22.1. The van der Waals surface area contributed by atoms with Crippen LogP contribution in [0.5, 0.6) is 0 Å². The molecule has 24 heavy (non-hydrogen) atoms. The Morgan fingerprint density at radius 1 is 0.958 bits per heavy atom. The third kappa shape index (κ3) is 11.6. The van der Waals surface area contributed by atoms with Gasteiger partial charge in [0.25, 0.3) is 0 Å². The normalized spacial score (nSPS) is 18.2. The number of hydrogen-bond acceptors (Lipinski definition) is 4. The molecule has 0 fully saturated rings. The molecular weight excluding hydrogens is 308 g/mol. The van der Waals surface area contributed by atoms with Gasteiger partial charge >= 0.3 is 5.97 Å². The lowest BCUT2D eigenvalue weighted by atomic mass is 10.0. The first-order valence-corrected chi connectivity index (χ1v) is 7.78. The summed E-state index contributed by atoms with van der Waals surface area (Å²) in [5.74, 6) is -0.985. The van der Waals surface area contributed by atoms with Crippen LogP contribution in [0.25, 0.3) is 0 Å². The standard InChI is InChI=1S/C19H28O5/c1-13(10-15(3)8-9-19(23)24)6-5-7-14(2)11-17(21)18(22)12-16(4)20/h5-11,16-18,20-22H,12H2,1-4H3,(H,23,24)/b7-5+,9-8+,13-6+,14-11+,15-10+/t16-,17-,18-/m1/s1. The Morgan fingerprint density at radius 3 is 2.12 bits per heavy atom. The minimum absolute atomic E-state index is 0.113. The summed E-state index contributed by atoms with van der Waals surface area (Å²) in [4.78, 5) is 10.4. The van der Waals surface area contributed by atoms with Gasteiger partial charge in [-0.05, 0) is 27.7 Å². The minimum Gasteiger partial charge on any atom is -0.478 e. The van der Waals surface area contributed by atoms with E-state index in [1.807, 2.05) is 26.0 Å². The predicted octanol–water partition coefficient (Wildman–Crippen LogP) is 2.51. The van der Waals surface area contributed by atoms with E-state index in [9.17, 15) is 20.1 Å². The topological polar surface area (TPSA) is 98.0 Å². The van der Waals surface area contributed by atoms with E-state index in [1.54, 1.807) is 26.0 Å². The predicted molar refractivity (Wildman–Crippen MR) is 95.5 cm³/mol. The molecule has 3 atom stereocenters. The van der Waals surface area contributed by atoms with Crippen molar-refractivity contribution in [1.29, 1.82) is 0 Å². The van der Waals surface area contributed by atoms with Crippen LogP contribution in [0.4, 0.5) is 0 Å². The van der Waals surface area contributed by atoms with Crippen LogP contribution in [-0.2, 0) is 4.79 Å². The zero-order valence-corrected chi connectivity index (χ0v) is 14.7. The van der Waals surface area contributed by atoms with Gasteiger partial charge in [-0.1, -0.05) is 53.2 Å². The Kier molecular flexibility index (Phi) is 10.6. The zero-order valence-electron chi connectivity index (χ0n) is 14.7. The first-order chi connectivity index (χ1) is 11.1. The number of rotatable bonds is 9. The van der Waals surface area contributed by atoms with Crippen molar-refractivity contribution < 1.29 is 25.2 Å². The smallest absolute Gasteiger partial charge is 0.328 e. The average Bonchev–Trinajstić information content (AvgIpc) is 2.44. The summed E-state index contributed by atoms with van der Waals surface area (Å²) in [7, 11) is 0. The quantitative estimate of drug-likeness (QED) is 0.383. The third-order valence-corrected chi connectivity index (χ3v) is 3.07. The second kappa shape index (κ2) is 11.6. The van der Waals surface area contributed by atoms with E-state index in [0.29, 0.717) is 0 Å². The molecule has 0 saturated carbocycles. The van der Waals surface area contributed by atoms with Gasteiger partial charge in [-0.25, -0.2) is 4.79 Å². The van der Waals surface area contributed by atoms with Crippen LogP contribution in [0.2, 0.25) is 0 Å². The van der Waals surface area contributed by atoms with Crippen LogP contribution in [0.3, 0.4) is 0 Å². The van der Waals surface area contributed by atoms with Crippen LogP contribution in [0.1, 0.15) is 34.1 Å². The highest BCUT2D eigenvalue weighted by atomic mass is 16.4. The fourth-order valence-electron chi connectivity index (χ4n) is 1.93. The van der Waals surface area contributed by atoms with Crippen molar-refractivity contribution in [3.05, 3.63) is 59.3 Å². The van der Waals surface area contributed by atoms with Crippen molar-refractivity contribution in [3.63, 3.8) is 0 Å².